The van der Waals surface area contributed by atoms with Crippen LogP contribution in [0.3, 0.4) is 0 Å². The van der Waals surface area contributed by atoms with E-state index in [0.29, 0.717) is 16.6 Å². The van der Waals surface area contributed by atoms with Gasteiger partial charge in [0.1, 0.15) is 5.82 Å². The minimum Gasteiger partial charge on any atom is -0.377 e. The van der Waals surface area contributed by atoms with Gasteiger partial charge in [-0.2, -0.15) is 0 Å². The fraction of sp³-hybridized carbons (Fsp3) is 0.500. The van der Waals surface area contributed by atoms with Crippen LogP contribution in [0.4, 0.5) is 4.39 Å². The molecule has 0 aromatic heterocycles. The molecule has 4 heteroatoms. The first-order chi connectivity index (χ1) is 7.61. The van der Waals surface area contributed by atoms with Crippen molar-refractivity contribution in [1.82, 2.24) is 5.32 Å². The maximum absolute atomic E-state index is 13.9. The standard InChI is InChI=1S/C12H17BrFNO/c1-4-16-8(2)12(15-3)9-6-5-7-10(13)11(9)14/h5-8,12,15H,4H2,1-3H3. The Bertz CT molecular complexity index is 346. The van der Waals surface area contributed by atoms with Crippen LogP contribution < -0.4 is 5.32 Å². The largest absolute Gasteiger partial charge is 0.377 e. The number of likely N-dealkylation sites (N-methyl/N-ethyl adjacent to an activating group) is 1. The first kappa shape index (κ1) is 13.6. The minimum absolute atomic E-state index is 0.0706. The molecule has 2 unspecified atom stereocenters. The number of halogens is 2. The van der Waals surface area contributed by atoms with Gasteiger partial charge in [0.15, 0.2) is 0 Å². The molecule has 90 valence electrons. The van der Waals surface area contributed by atoms with Crippen molar-refractivity contribution < 1.29 is 9.13 Å². The maximum Gasteiger partial charge on any atom is 0.142 e. The Morgan fingerprint density at radius 1 is 1.50 bits per heavy atom. The lowest BCUT2D eigenvalue weighted by atomic mass is 10.0. The van der Waals surface area contributed by atoms with E-state index in [1.807, 2.05) is 19.9 Å². The molecule has 1 N–H and O–H groups in total. The Labute approximate surface area is 104 Å². The molecule has 2 atom stereocenters. The summed E-state index contributed by atoms with van der Waals surface area (Å²) in [5.74, 6) is -0.228. The van der Waals surface area contributed by atoms with Crippen LogP contribution >= 0.6 is 15.9 Å². The third-order valence-electron chi connectivity index (χ3n) is 2.53. The molecule has 16 heavy (non-hydrogen) atoms. The minimum atomic E-state index is -0.228. The zero-order valence-electron chi connectivity index (χ0n) is 9.76. The molecule has 0 fully saturated rings. The third kappa shape index (κ3) is 3.03. The number of ether oxygens (including phenoxy) is 1. The molecule has 2 nitrogen and oxygen atoms in total. The van der Waals surface area contributed by atoms with Gasteiger partial charge in [0.05, 0.1) is 16.6 Å². The quantitative estimate of drug-likeness (QED) is 0.898. The molecule has 0 aliphatic rings. The van der Waals surface area contributed by atoms with Crippen molar-refractivity contribution in [1.29, 1.82) is 0 Å². The lowest BCUT2D eigenvalue weighted by Crippen LogP contribution is -2.30. The van der Waals surface area contributed by atoms with Gasteiger partial charge >= 0.3 is 0 Å². The highest BCUT2D eigenvalue weighted by atomic mass is 79.9. The highest BCUT2D eigenvalue weighted by Crippen LogP contribution is 2.26. The second-order valence-electron chi connectivity index (χ2n) is 3.57. The lowest BCUT2D eigenvalue weighted by Gasteiger charge is -2.24. The second kappa shape index (κ2) is 6.33. The summed E-state index contributed by atoms with van der Waals surface area (Å²) in [6.45, 7) is 4.49. The molecule has 0 amide bonds. The van der Waals surface area contributed by atoms with Gasteiger partial charge in [-0.15, -0.1) is 0 Å². The van der Waals surface area contributed by atoms with Crippen LogP contribution in [0.25, 0.3) is 0 Å². The predicted octanol–water partition coefficient (Wildman–Crippen LogP) is 3.27. The van der Waals surface area contributed by atoms with E-state index in [1.54, 1.807) is 19.2 Å². The van der Waals surface area contributed by atoms with Crippen LogP contribution in [0.5, 0.6) is 0 Å². The van der Waals surface area contributed by atoms with Crippen LogP contribution in [0.1, 0.15) is 25.5 Å². The van der Waals surface area contributed by atoms with Gasteiger partial charge in [0, 0.05) is 12.2 Å². The average Bonchev–Trinajstić information content (AvgIpc) is 2.25. The summed E-state index contributed by atoms with van der Waals surface area (Å²) in [5.41, 5.74) is 0.623. The van der Waals surface area contributed by atoms with Crippen molar-refractivity contribution in [2.24, 2.45) is 0 Å². The molecule has 1 aromatic carbocycles. The van der Waals surface area contributed by atoms with E-state index < -0.39 is 0 Å². The molecular weight excluding hydrogens is 273 g/mol. The molecule has 0 spiro atoms. The SMILES string of the molecule is CCOC(C)C(NC)c1cccc(Br)c1F. The van der Waals surface area contributed by atoms with E-state index in [2.05, 4.69) is 21.2 Å². The molecule has 0 heterocycles. The molecule has 0 aliphatic heterocycles. The fourth-order valence-electron chi connectivity index (χ4n) is 1.76. The maximum atomic E-state index is 13.9. The monoisotopic (exact) mass is 289 g/mol. The van der Waals surface area contributed by atoms with E-state index in [1.165, 1.54) is 0 Å². The molecule has 1 rings (SSSR count). The van der Waals surface area contributed by atoms with Gasteiger partial charge in [0.25, 0.3) is 0 Å². The van der Waals surface area contributed by atoms with E-state index in [0.717, 1.165) is 0 Å². The summed E-state index contributed by atoms with van der Waals surface area (Å²) < 4.78 is 19.9. The fourth-order valence-corrected chi connectivity index (χ4v) is 2.14. The van der Waals surface area contributed by atoms with Gasteiger partial charge in [-0.25, -0.2) is 4.39 Å². The Kier molecular flexibility index (Phi) is 5.38. The van der Waals surface area contributed by atoms with Crippen molar-refractivity contribution in [3.05, 3.63) is 34.1 Å². The zero-order valence-corrected chi connectivity index (χ0v) is 11.3. The first-order valence-electron chi connectivity index (χ1n) is 5.34. The van der Waals surface area contributed by atoms with Crippen molar-refractivity contribution in [3.8, 4) is 0 Å². The molecule has 0 radical (unpaired) electrons. The smallest absolute Gasteiger partial charge is 0.142 e. The topological polar surface area (TPSA) is 21.3 Å². The molecule has 0 saturated heterocycles. The van der Waals surface area contributed by atoms with Crippen molar-refractivity contribution in [2.75, 3.05) is 13.7 Å². The van der Waals surface area contributed by atoms with Crippen molar-refractivity contribution >= 4 is 15.9 Å². The first-order valence-corrected chi connectivity index (χ1v) is 6.13. The van der Waals surface area contributed by atoms with Gasteiger partial charge in [-0.3, -0.25) is 0 Å². The van der Waals surface area contributed by atoms with Gasteiger partial charge in [-0.1, -0.05) is 12.1 Å². The lowest BCUT2D eigenvalue weighted by molar-refractivity contribution is 0.0483. The van der Waals surface area contributed by atoms with Gasteiger partial charge < -0.3 is 10.1 Å². The molecule has 1 aromatic rings. The Morgan fingerprint density at radius 2 is 2.19 bits per heavy atom. The van der Waals surface area contributed by atoms with E-state index >= 15 is 0 Å². The summed E-state index contributed by atoms with van der Waals surface area (Å²) in [7, 11) is 1.81. The van der Waals surface area contributed by atoms with Crippen molar-refractivity contribution in [2.45, 2.75) is 26.0 Å². The number of nitrogens with one attached hydrogen (secondary N) is 1. The summed E-state index contributed by atoms with van der Waals surface area (Å²) in [5, 5.41) is 3.09. The second-order valence-corrected chi connectivity index (χ2v) is 4.42. The number of benzene rings is 1. The third-order valence-corrected chi connectivity index (χ3v) is 3.14. The molecular formula is C12H17BrFNO. The van der Waals surface area contributed by atoms with Crippen LogP contribution in [0.15, 0.2) is 22.7 Å². The molecule has 0 bridgehead atoms. The molecule has 0 aliphatic carbocycles. The number of hydrogen-bond donors (Lipinski definition) is 1. The van der Waals surface area contributed by atoms with E-state index in [-0.39, 0.29) is 18.0 Å². The Balaban J connectivity index is 2.99. The number of rotatable bonds is 5. The van der Waals surface area contributed by atoms with Crippen LogP contribution in [0.2, 0.25) is 0 Å². The number of hydrogen-bond acceptors (Lipinski definition) is 2. The van der Waals surface area contributed by atoms with E-state index in [9.17, 15) is 4.39 Å². The normalized spacial score (nSPS) is 14.8. The summed E-state index contributed by atoms with van der Waals surface area (Å²) in [4.78, 5) is 0. The summed E-state index contributed by atoms with van der Waals surface area (Å²) in [6.07, 6.45) is -0.0706. The molecule has 0 saturated carbocycles. The van der Waals surface area contributed by atoms with Crippen molar-refractivity contribution in [3.63, 3.8) is 0 Å². The van der Waals surface area contributed by atoms with Crippen LogP contribution in [-0.4, -0.2) is 19.8 Å². The summed E-state index contributed by atoms with van der Waals surface area (Å²) in [6, 6.07) is 5.15. The summed E-state index contributed by atoms with van der Waals surface area (Å²) >= 11 is 3.19. The van der Waals surface area contributed by atoms with Crippen LogP contribution in [0, 0.1) is 5.82 Å². The predicted molar refractivity (Wildman–Crippen MR) is 67.0 cm³/mol. The Hall–Kier alpha value is -0.450. The van der Waals surface area contributed by atoms with Gasteiger partial charge in [0.2, 0.25) is 0 Å². The highest BCUT2D eigenvalue weighted by Gasteiger charge is 2.21. The highest BCUT2D eigenvalue weighted by molar-refractivity contribution is 9.10. The van der Waals surface area contributed by atoms with Crippen LogP contribution in [-0.2, 0) is 4.74 Å². The van der Waals surface area contributed by atoms with E-state index in [4.69, 9.17) is 4.74 Å². The average molecular weight is 290 g/mol. The zero-order chi connectivity index (χ0) is 12.1. The van der Waals surface area contributed by atoms with Gasteiger partial charge in [-0.05, 0) is 42.9 Å². The Morgan fingerprint density at radius 3 is 2.75 bits per heavy atom.